The van der Waals surface area contributed by atoms with Gasteiger partial charge in [0.2, 0.25) is 0 Å². The van der Waals surface area contributed by atoms with E-state index >= 15 is 0 Å². The van der Waals surface area contributed by atoms with E-state index in [1.807, 2.05) is 0 Å². The normalized spacial score (nSPS) is 13.5. The summed E-state index contributed by atoms with van der Waals surface area (Å²) in [4.78, 5) is 0. The Hall–Kier alpha value is -1.56. The van der Waals surface area contributed by atoms with Gasteiger partial charge in [0.25, 0.3) is 0 Å². The molecule has 0 radical (unpaired) electrons. The van der Waals surface area contributed by atoms with Crippen LogP contribution in [0, 0.1) is 0 Å². The van der Waals surface area contributed by atoms with Crippen molar-refractivity contribution in [3.63, 3.8) is 0 Å². The first-order chi connectivity index (χ1) is 6.45. The van der Waals surface area contributed by atoms with E-state index in [0.717, 1.165) is 6.42 Å². The van der Waals surface area contributed by atoms with Crippen LogP contribution in [0.25, 0.3) is 17.2 Å². The van der Waals surface area contributed by atoms with E-state index in [-0.39, 0.29) is 0 Å². The first-order valence-corrected chi connectivity index (χ1v) is 4.62. The molecule has 0 amide bonds. The smallest absolute Gasteiger partial charge is 0.00820 e. The van der Waals surface area contributed by atoms with E-state index in [9.17, 15) is 0 Å². The summed E-state index contributed by atoms with van der Waals surface area (Å²) >= 11 is 0. The molecule has 0 atom stereocenters. The molecule has 0 aromatic carbocycles. The van der Waals surface area contributed by atoms with Crippen molar-refractivity contribution in [1.29, 1.82) is 0 Å². The average molecular weight is 166 g/mol. The molecule has 3 aliphatic rings. The van der Waals surface area contributed by atoms with Gasteiger partial charge in [0.05, 0.1) is 0 Å². The lowest BCUT2D eigenvalue weighted by Crippen LogP contribution is -1.76. The molecule has 3 aliphatic carbocycles. The van der Waals surface area contributed by atoms with Crippen molar-refractivity contribution < 1.29 is 0 Å². The summed E-state index contributed by atoms with van der Waals surface area (Å²) in [6.07, 6.45) is 5.55. The van der Waals surface area contributed by atoms with Crippen LogP contribution in [0.2, 0.25) is 0 Å². The van der Waals surface area contributed by atoms with Gasteiger partial charge in [-0.25, -0.2) is 0 Å². The maximum Gasteiger partial charge on any atom is -0.00820 e. The maximum atomic E-state index is 2.27. The van der Waals surface area contributed by atoms with Crippen molar-refractivity contribution in [2.24, 2.45) is 0 Å². The van der Waals surface area contributed by atoms with Gasteiger partial charge in [0, 0.05) is 0 Å². The fourth-order valence-corrected chi connectivity index (χ4v) is 2.05. The molecule has 0 aromatic heterocycles. The summed E-state index contributed by atoms with van der Waals surface area (Å²) in [5.74, 6) is 0. The van der Waals surface area contributed by atoms with Crippen LogP contribution in [0.1, 0.15) is 11.1 Å². The minimum atomic E-state index is 1.10. The number of rotatable bonds is 0. The zero-order valence-corrected chi connectivity index (χ0v) is 7.33. The Morgan fingerprint density at radius 1 is 1.00 bits per heavy atom. The molecule has 0 bridgehead atoms. The zero-order valence-electron chi connectivity index (χ0n) is 7.33. The monoisotopic (exact) mass is 166 g/mol. The summed E-state index contributed by atoms with van der Waals surface area (Å²) in [6, 6.07) is 13.0. The van der Waals surface area contributed by atoms with Crippen molar-refractivity contribution >= 4 is 6.08 Å². The van der Waals surface area contributed by atoms with Gasteiger partial charge >= 0.3 is 0 Å². The van der Waals surface area contributed by atoms with Gasteiger partial charge in [-0.15, -0.1) is 0 Å². The number of allylic oxidation sites excluding steroid dienone is 1. The molecule has 0 nitrogen and oxygen atoms in total. The number of hydrogen-bond donors (Lipinski definition) is 0. The van der Waals surface area contributed by atoms with Gasteiger partial charge in [0.1, 0.15) is 0 Å². The van der Waals surface area contributed by atoms with Gasteiger partial charge in [0.15, 0.2) is 0 Å². The SMILES string of the molecule is C1=Cc2cc3cccccc-3c2C1. The Balaban J connectivity index is 2.38. The van der Waals surface area contributed by atoms with E-state index in [1.54, 1.807) is 0 Å². The molecule has 0 spiro atoms. The van der Waals surface area contributed by atoms with Crippen molar-refractivity contribution in [2.75, 3.05) is 0 Å². The first kappa shape index (κ1) is 6.90. The highest BCUT2D eigenvalue weighted by molar-refractivity contribution is 5.81. The van der Waals surface area contributed by atoms with Gasteiger partial charge in [-0.1, -0.05) is 42.5 Å². The Bertz CT molecular complexity index is 452. The molecule has 0 aliphatic heterocycles. The Labute approximate surface area is 77.9 Å². The van der Waals surface area contributed by atoms with Crippen LogP contribution in [-0.4, -0.2) is 0 Å². The molecule has 0 heteroatoms. The number of fused-ring (bicyclic) bond motifs is 3. The molecule has 0 heterocycles. The van der Waals surface area contributed by atoms with Crippen LogP contribution in [0.4, 0.5) is 0 Å². The summed E-state index contributed by atoms with van der Waals surface area (Å²) in [7, 11) is 0. The van der Waals surface area contributed by atoms with E-state index in [1.165, 1.54) is 22.3 Å². The molecule has 0 unspecified atom stereocenters. The van der Waals surface area contributed by atoms with Crippen molar-refractivity contribution in [1.82, 2.24) is 0 Å². The molecular weight excluding hydrogens is 156 g/mol. The third kappa shape index (κ3) is 0.919. The minimum Gasteiger partial charge on any atom is -0.0795 e. The molecule has 0 saturated heterocycles. The quantitative estimate of drug-likeness (QED) is 0.563. The molecule has 62 valence electrons. The van der Waals surface area contributed by atoms with E-state index in [2.05, 4.69) is 48.6 Å². The lowest BCUT2D eigenvalue weighted by atomic mass is 10.1. The molecule has 0 saturated carbocycles. The summed E-state index contributed by atoms with van der Waals surface area (Å²) < 4.78 is 0. The summed E-state index contributed by atoms with van der Waals surface area (Å²) in [5, 5.41) is 0. The van der Waals surface area contributed by atoms with E-state index in [0.29, 0.717) is 0 Å². The number of hydrogen-bond acceptors (Lipinski definition) is 0. The predicted molar refractivity (Wildman–Crippen MR) is 55.8 cm³/mol. The van der Waals surface area contributed by atoms with E-state index in [4.69, 9.17) is 0 Å². The second-order valence-corrected chi connectivity index (χ2v) is 3.46. The van der Waals surface area contributed by atoms with Gasteiger partial charge < -0.3 is 0 Å². The predicted octanol–water partition coefficient (Wildman–Crippen LogP) is 3.36. The fourth-order valence-electron chi connectivity index (χ4n) is 2.05. The maximum absolute atomic E-state index is 2.27. The largest absolute Gasteiger partial charge is 0.0795 e. The van der Waals surface area contributed by atoms with Crippen LogP contribution >= 0.6 is 0 Å². The minimum absolute atomic E-state index is 1.10. The lowest BCUT2D eigenvalue weighted by Gasteiger charge is -1.94. The lowest BCUT2D eigenvalue weighted by molar-refractivity contribution is 1.34. The Morgan fingerprint density at radius 3 is 2.92 bits per heavy atom. The van der Waals surface area contributed by atoms with E-state index < -0.39 is 0 Å². The van der Waals surface area contributed by atoms with Crippen molar-refractivity contribution in [3.8, 4) is 11.1 Å². The zero-order chi connectivity index (χ0) is 8.67. The topological polar surface area (TPSA) is 0 Å². The van der Waals surface area contributed by atoms with Gasteiger partial charge in [-0.3, -0.25) is 0 Å². The van der Waals surface area contributed by atoms with Crippen molar-refractivity contribution in [3.05, 3.63) is 53.6 Å². The highest BCUT2D eigenvalue weighted by Gasteiger charge is 2.14. The van der Waals surface area contributed by atoms with Crippen molar-refractivity contribution in [2.45, 2.75) is 6.42 Å². The summed E-state index contributed by atoms with van der Waals surface area (Å²) in [6.45, 7) is 0. The summed E-state index contributed by atoms with van der Waals surface area (Å²) in [5.41, 5.74) is 5.66. The molecule has 0 N–H and O–H groups in total. The highest BCUT2D eigenvalue weighted by atomic mass is 14.2. The molecule has 13 heavy (non-hydrogen) atoms. The molecular formula is C13H10. The Morgan fingerprint density at radius 2 is 1.92 bits per heavy atom. The second-order valence-electron chi connectivity index (χ2n) is 3.46. The fraction of sp³-hybridized carbons (Fsp3) is 0.0769. The van der Waals surface area contributed by atoms with Crippen LogP contribution < -0.4 is 0 Å². The van der Waals surface area contributed by atoms with Crippen LogP contribution in [0.15, 0.2) is 42.5 Å². The van der Waals surface area contributed by atoms with Gasteiger partial charge in [-0.05, 0) is 34.7 Å². The standard InChI is InChI=1S/C13H10/c1-2-5-10-9-11-6-4-8-13(11)12(10)7-3-1/h1-7,9H,8H2. The third-order valence-corrected chi connectivity index (χ3v) is 2.68. The molecule has 0 aromatic rings. The second kappa shape index (κ2) is 2.46. The Kier molecular flexibility index (Phi) is 1.31. The van der Waals surface area contributed by atoms with Gasteiger partial charge in [-0.2, -0.15) is 0 Å². The third-order valence-electron chi connectivity index (χ3n) is 2.68. The molecule has 3 rings (SSSR count). The van der Waals surface area contributed by atoms with Crippen LogP contribution in [0.3, 0.4) is 0 Å². The average Bonchev–Trinajstić information content (AvgIpc) is 2.61. The first-order valence-electron chi connectivity index (χ1n) is 4.62. The van der Waals surface area contributed by atoms with Crippen LogP contribution in [0.5, 0.6) is 0 Å². The molecule has 0 fully saturated rings. The van der Waals surface area contributed by atoms with Crippen LogP contribution in [-0.2, 0) is 6.42 Å². The highest BCUT2D eigenvalue weighted by Crippen LogP contribution is 2.35.